The van der Waals surface area contributed by atoms with Crippen molar-refractivity contribution in [3.63, 3.8) is 0 Å². The summed E-state index contributed by atoms with van der Waals surface area (Å²) in [7, 11) is 2.03. The highest BCUT2D eigenvalue weighted by Gasteiger charge is 2.18. The molecule has 0 radical (unpaired) electrons. The van der Waals surface area contributed by atoms with Crippen molar-refractivity contribution in [1.82, 2.24) is 24.5 Å². The quantitative estimate of drug-likeness (QED) is 0.798. The summed E-state index contributed by atoms with van der Waals surface area (Å²) in [5.41, 5.74) is 3.37. The minimum Gasteiger partial charge on any atom is -0.294 e. The van der Waals surface area contributed by atoms with Crippen LogP contribution in [0.1, 0.15) is 39.9 Å². The molecule has 3 aromatic heterocycles. The highest BCUT2D eigenvalue weighted by atomic mass is 32.1. The number of aryl methyl sites for hydroxylation is 3. The third-order valence-corrected chi connectivity index (χ3v) is 4.94. The zero-order valence-corrected chi connectivity index (χ0v) is 14.9. The molecule has 0 aliphatic heterocycles. The number of H-pyrrole nitrogens is 1. The molecule has 3 heterocycles. The van der Waals surface area contributed by atoms with Crippen molar-refractivity contribution in [2.24, 2.45) is 0 Å². The van der Waals surface area contributed by atoms with Crippen LogP contribution in [0.3, 0.4) is 0 Å². The van der Waals surface area contributed by atoms with E-state index in [1.165, 1.54) is 9.39 Å². The largest absolute Gasteiger partial charge is 0.294 e. The molecular formula is C16H21N5OS. The van der Waals surface area contributed by atoms with E-state index in [9.17, 15) is 4.79 Å². The van der Waals surface area contributed by atoms with Crippen molar-refractivity contribution >= 4 is 17.0 Å². The van der Waals surface area contributed by atoms with E-state index in [4.69, 9.17) is 0 Å². The summed E-state index contributed by atoms with van der Waals surface area (Å²) < 4.78 is 1.47. The van der Waals surface area contributed by atoms with Crippen molar-refractivity contribution in [3.8, 4) is 0 Å². The maximum atomic E-state index is 12.2. The summed E-state index contributed by atoms with van der Waals surface area (Å²) in [6.45, 7) is 8.78. The highest BCUT2D eigenvalue weighted by Crippen LogP contribution is 2.26. The number of hydrogen-bond acceptors (Lipinski definition) is 5. The Morgan fingerprint density at radius 3 is 2.70 bits per heavy atom. The Hall–Kier alpha value is -1.99. The van der Waals surface area contributed by atoms with Crippen molar-refractivity contribution in [2.45, 2.75) is 40.3 Å². The maximum Gasteiger partial charge on any atom is 0.272 e. The summed E-state index contributed by atoms with van der Waals surface area (Å²) in [6, 6.07) is 3.64. The molecule has 1 unspecified atom stereocenters. The van der Waals surface area contributed by atoms with Gasteiger partial charge in [-0.2, -0.15) is 0 Å². The molecule has 23 heavy (non-hydrogen) atoms. The molecule has 0 fully saturated rings. The number of aromatic nitrogens is 4. The Bertz CT molecular complexity index is 907. The molecule has 3 rings (SSSR count). The molecule has 0 amide bonds. The minimum absolute atomic E-state index is 0.0835. The number of thiazole rings is 1. The molecule has 0 aromatic carbocycles. The second kappa shape index (κ2) is 5.90. The van der Waals surface area contributed by atoms with Crippen LogP contribution < -0.4 is 5.56 Å². The first-order valence-electron chi connectivity index (χ1n) is 7.57. The van der Waals surface area contributed by atoms with Gasteiger partial charge in [0.1, 0.15) is 0 Å². The molecule has 1 N–H and O–H groups in total. The van der Waals surface area contributed by atoms with Crippen LogP contribution in [0.25, 0.3) is 5.65 Å². The van der Waals surface area contributed by atoms with Gasteiger partial charge in [0.25, 0.3) is 5.56 Å². The van der Waals surface area contributed by atoms with E-state index < -0.39 is 0 Å². The SMILES string of the molecule is Cc1cc2nc(CN(C)C(C)c3nc(C)sc3C)cc(=O)n2[nH]1. The van der Waals surface area contributed by atoms with Crippen molar-refractivity contribution in [3.05, 3.63) is 49.5 Å². The minimum atomic E-state index is -0.0835. The van der Waals surface area contributed by atoms with Gasteiger partial charge in [-0.05, 0) is 34.7 Å². The Labute approximate surface area is 138 Å². The van der Waals surface area contributed by atoms with Gasteiger partial charge in [-0.15, -0.1) is 11.3 Å². The highest BCUT2D eigenvalue weighted by molar-refractivity contribution is 7.11. The number of aromatic amines is 1. The summed E-state index contributed by atoms with van der Waals surface area (Å²) in [4.78, 5) is 24.8. The molecule has 7 heteroatoms. The second-order valence-electron chi connectivity index (χ2n) is 5.98. The van der Waals surface area contributed by atoms with Gasteiger partial charge in [0, 0.05) is 29.2 Å². The average molecular weight is 331 g/mol. The molecule has 0 aliphatic carbocycles. The van der Waals surface area contributed by atoms with Crippen molar-refractivity contribution in [2.75, 3.05) is 7.05 Å². The van der Waals surface area contributed by atoms with Crippen LogP contribution in [0, 0.1) is 20.8 Å². The predicted molar refractivity (Wildman–Crippen MR) is 92.0 cm³/mol. The summed E-state index contributed by atoms with van der Waals surface area (Å²) >= 11 is 1.72. The Balaban J connectivity index is 1.86. The number of fused-ring (bicyclic) bond motifs is 1. The molecule has 0 saturated carbocycles. The van der Waals surface area contributed by atoms with E-state index in [0.29, 0.717) is 12.2 Å². The predicted octanol–water partition coefficient (Wildman–Crippen LogP) is 2.60. The average Bonchev–Trinajstić information content (AvgIpc) is 3.00. The van der Waals surface area contributed by atoms with Gasteiger partial charge >= 0.3 is 0 Å². The third-order valence-electron chi connectivity index (χ3n) is 4.04. The van der Waals surface area contributed by atoms with Crippen LogP contribution in [-0.2, 0) is 6.54 Å². The fourth-order valence-electron chi connectivity index (χ4n) is 2.78. The lowest BCUT2D eigenvalue weighted by atomic mass is 10.2. The lowest BCUT2D eigenvalue weighted by Crippen LogP contribution is -2.25. The van der Waals surface area contributed by atoms with Gasteiger partial charge in [0.05, 0.1) is 22.4 Å². The van der Waals surface area contributed by atoms with Crippen LogP contribution in [0.15, 0.2) is 16.9 Å². The normalized spacial score (nSPS) is 13.1. The van der Waals surface area contributed by atoms with E-state index in [0.717, 1.165) is 22.1 Å². The standard InChI is InChI=1S/C16H21N5OS/c1-9-6-14-18-13(7-15(22)21(14)19-9)8-20(5)10(2)16-11(3)23-12(4)17-16/h6-7,10,19H,8H2,1-5H3. The molecule has 0 spiro atoms. The number of nitrogens with one attached hydrogen (secondary N) is 1. The van der Waals surface area contributed by atoms with Gasteiger partial charge in [-0.25, -0.2) is 14.5 Å². The van der Waals surface area contributed by atoms with Gasteiger partial charge in [0.2, 0.25) is 0 Å². The monoisotopic (exact) mass is 331 g/mol. The van der Waals surface area contributed by atoms with E-state index in [2.05, 4.69) is 33.8 Å². The van der Waals surface area contributed by atoms with Crippen LogP contribution in [0.4, 0.5) is 0 Å². The number of hydrogen-bond donors (Lipinski definition) is 1. The van der Waals surface area contributed by atoms with Gasteiger partial charge < -0.3 is 0 Å². The second-order valence-corrected chi connectivity index (χ2v) is 7.39. The van der Waals surface area contributed by atoms with Gasteiger partial charge in [0.15, 0.2) is 5.65 Å². The molecule has 3 aromatic rings. The third kappa shape index (κ3) is 3.07. The van der Waals surface area contributed by atoms with E-state index in [-0.39, 0.29) is 11.6 Å². The van der Waals surface area contributed by atoms with Crippen molar-refractivity contribution in [1.29, 1.82) is 0 Å². The topological polar surface area (TPSA) is 66.3 Å². The molecule has 0 bridgehead atoms. The summed E-state index contributed by atoms with van der Waals surface area (Å²) in [6.07, 6.45) is 0. The molecule has 1 atom stereocenters. The van der Waals surface area contributed by atoms with Crippen LogP contribution in [-0.4, -0.2) is 31.5 Å². The Morgan fingerprint density at radius 1 is 1.30 bits per heavy atom. The zero-order chi connectivity index (χ0) is 16.7. The molecule has 0 aliphatic rings. The van der Waals surface area contributed by atoms with E-state index in [1.807, 2.05) is 27.0 Å². The zero-order valence-electron chi connectivity index (χ0n) is 14.0. The molecule has 0 saturated heterocycles. The summed E-state index contributed by atoms with van der Waals surface area (Å²) in [5, 5.41) is 4.07. The number of rotatable bonds is 4. The summed E-state index contributed by atoms with van der Waals surface area (Å²) in [5.74, 6) is 0. The first kappa shape index (κ1) is 15.9. The Morgan fingerprint density at radius 2 is 2.04 bits per heavy atom. The fourth-order valence-corrected chi connectivity index (χ4v) is 3.68. The molecule has 6 nitrogen and oxygen atoms in total. The van der Waals surface area contributed by atoms with Gasteiger partial charge in [-0.3, -0.25) is 14.8 Å². The fraction of sp³-hybridized carbons (Fsp3) is 0.438. The molecular weight excluding hydrogens is 310 g/mol. The van der Waals surface area contributed by atoms with E-state index >= 15 is 0 Å². The Kier molecular flexibility index (Phi) is 4.08. The van der Waals surface area contributed by atoms with E-state index in [1.54, 1.807) is 17.4 Å². The maximum absolute atomic E-state index is 12.2. The molecule has 122 valence electrons. The van der Waals surface area contributed by atoms with Crippen molar-refractivity contribution < 1.29 is 0 Å². The first-order chi connectivity index (χ1) is 10.8. The lowest BCUT2D eigenvalue weighted by molar-refractivity contribution is 0.245. The van der Waals surface area contributed by atoms with Crippen LogP contribution in [0.2, 0.25) is 0 Å². The van der Waals surface area contributed by atoms with Crippen LogP contribution in [0.5, 0.6) is 0 Å². The smallest absolute Gasteiger partial charge is 0.272 e. The lowest BCUT2D eigenvalue weighted by Gasteiger charge is -2.23. The first-order valence-corrected chi connectivity index (χ1v) is 8.39. The van der Waals surface area contributed by atoms with Gasteiger partial charge in [-0.1, -0.05) is 0 Å². The van der Waals surface area contributed by atoms with Crippen LogP contribution >= 0.6 is 11.3 Å². The number of nitrogens with zero attached hydrogens (tertiary/aromatic N) is 4.